The van der Waals surface area contributed by atoms with Crippen LogP contribution in [0.5, 0.6) is 0 Å². The molecule has 12 nitrogen and oxygen atoms in total. The number of aliphatic hydroxyl groups excluding tert-OH is 5. The monoisotopic (exact) mass is 1130 g/mol. The number of phosphoric ester groups is 1. The van der Waals surface area contributed by atoms with Crippen molar-refractivity contribution in [2.75, 3.05) is 19.8 Å². The molecular weight excluding hydrogens is 1000 g/mol. The van der Waals surface area contributed by atoms with Crippen LogP contribution in [0.1, 0.15) is 348 Å². The molecule has 78 heavy (non-hydrogen) atoms. The fourth-order valence-electron chi connectivity index (χ4n) is 11.2. The maximum atomic E-state index is 12.9. The van der Waals surface area contributed by atoms with E-state index in [9.17, 15) is 39.8 Å². The van der Waals surface area contributed by atoms with Gasteiger partial charge in [0.05, 0.1) is 13.2 Å². The molecule has 1 aliphatic rings. The highest BCUT2D eigenvalue weighted by molar-refractivity contribution is 7.47. The lowest BCUT2D eigenvalue weighted by Crippen LogP contribution is -2.64. The Bertz CT molecular complexity index is 1290. The molecular formula is C65H129O12P. The van der Waals surface area contributed by atoms with E-state index in [0.717, 1.165) is 38.5 Å². The van der Waals surface area contributed by atoms with Gasteiger partial charge in [0.1, 0.15) is 42.7 Å². The van der Waals surface area contributed by atoms with Crippen LogP contribution in [-0.2, 0) is 27.9 Å². The highest BCUT2D eigenvalue weighted by Gasteiger charge is 2.51. The van der Waals surface area contributed by atoms with Gasteiger partial charge >= 0.3 is 13.8 Å². The van der Waals surface area contributed by atoms with Gasteiger partial charge in [-0.15, -0.1) is 0 Å². The SMILES string of the molecule is CCCCCCCCCCCCCCCCCCCCCCCCCCCCCCCCCCCCCC(=O)O[C@H](COCCCCCCCCCCCCCCCCCC)COP(=O)(O)OC1C(O)C(O)C(O)[C@@H](O)C1O. The summed E-state index contributed by atoms with van der Waals surface area (Å²) in [6.07, 6.45) is 55.1. The maximum absolute atomic E-state index is 12.9. The third-order valence-electron chi connectivity index (χ3n) is 16.5. The molecule has 1 saturated carbocycles. The number of phosphoric acid groups is 1. The minimum atomic E-state index is -5.02. The smallest absolute Gasteiger partial charge is 0.457 e. The molecule has 0 heterocycles. The Morgan fingerprint density at radius 1 is 0.359 bits per heavy atom. The van der Waals surface area contributed by atoms with Crippen molar-refractivity contribution in [1.29, 1.82) is 0 Å². The number of esters is 1. The fraction of sp³-hybridized carbons (Fsp3) is 0.985. The molecule has 0 aromatic carbocycles. The number of hydrogen-bond acceptors (Lipinski definition) is 11. The zero-order chi connectivity index (χ0) is 56.8. The summed E-state index contributed by atoms with van der Waals surface area (Å²) >= 11 is 0. The van der Waals surface area contributed by atoms with Crippen molar-refractivity contribution in [1.82, 2.24) is 0 Å². The Morgan fingerprint density at radius 2 is 0.603 bits per heavy atom. The molecule has 0 aromatic heterocycles. The molecule has 0 amide bonds. The molecule has 1 aliphatic carbocycles. The van der Waals surface area contributed by atoms with Gasteiger partial charge in [-0.05, 0) is 12.8 Å². The molecule has 0 spiro atoms. The van der Waals surface area contributed by atoms with Gasteiger partial charge in [0.2, 0.25) is 0 Å². The first-order valence-corrected chi connectivity index (χ1v) is 35.4. The number of carbonyl (C=O) groups is 1. The van der Waals surface area contributed by atoms with Gasteiger partial charge in [-0.25, -0.2) is 4.57 Å². The molecule has 466 valence electrons. The van der Waals surface area contributed by atoms with Crippen LogP contribution in [0.3, 0.4) is 0 Å². The molecule has 1 fully saturated rings. The number of rotatable bonds is 61. The molecule has 0 radical (unpaired) electrons. The summed E-state index contributed by atoms with van der Waals surface area (Å²) in [6, 6.07) is 0. The van der Waals surface area contributed by atoms with E-state index in [2.05, 4.69) is 13.8 Å². The highest BCUT2D eigenvalue weighted by Crippen LogP contribution is 2.47. The average Bonchev–Trinajstić information content (AvgIpc) is 3.47. The summed E-state index contributed by atoms with van der Waals surface area (Å²) in [7, 11) is -5.02. The minimum Gasteiger partial charge on any atom is -0.457 e. The highest BCUT2D eigenvalue weighted by atomic mass is 31.2. The van der Waals surface area contributed by atoms with Crippen molar-refractivity contribution in [3.05, 3.63) is 0 Å². The first-order chi connectivity index (χ1) is 38.0. The fourth-order valence-corrected chi connectivity index (χ4v) is 12.2. The Labute approximate surface area is 480 Å². The van der Waals surface area contributed by atoms with E-state index in [-0.39, 0.29) is 13.0 Å². The lowest BCUT2D eigenvalue weighted by atomic mass is 9.85. The number of ether oxygens (including phenoxy) is 2. The molecule has 0 bridgehead atoms. The molecule has 0 saturated heterocycles. The van der Waals surface area contributed by atoms with Crippen LogP contribution in [0.4, 0.5) is 0 Å². The lowest BCUT2D eigenvalue weighted by molar-refractivity contribution is -0.220. The van der Waals surface area contributed by atoms with E-state index in [1.807, 2.05) is 0 Å². The summed E-state index contributed by atoms with van der Waals surface area (Å²) < 4.78 is 34.5. The third-order valence-corrected chi connectivity index (χ3v) is 17.5. The normalized spacial score (nSPS) is 19.8. The van der Waals surface area contributed by atoms with Crippen LogP contribution in [0.15, 0.2) is 0 Å². The van der Waals surface area contributed by atoms with Crippen molar-refractivity contribution in [2.24, 2.45) is 0 Å². The first-order valence-electron chi connectivity index (χ1n) is 33.9. The van der Waals surface area contributed by atoms with Gasteiger partial charge in [0, 0.05) is 13.0 Å². The van der Waals surface area contributed by atoms with E-state index in [1.54, 1.807) is 0 Å². The van der Waals surface area contributed by atoms with Crippen LogP contribution >= 0.6 is 7.82 Å². The second-order valence-corrected chi connectivity index (χ2v) is 25.5. The van der Waals surface area contributed by atoms with Crippen LogP contribution in [0.2, 0.25) is 0 Å². The summed E-state index contributed by atoms with van der Waals surface area (Å²) in [6.45, 7) is 4.35. The summed E-state index contributed by atoms with van der Waals surface area (Å²) in [5, 5.41) is 50.5. The van der Waals surface area contributed by atoms with Crippen molar-refractivity contribution in [3.63, 3.8) is 0 Å². The van der Waals surface area contributed by atoms with Crippen molar-refractivity contribution in [2.45, 2.75) is 390 Å². The molecule has 0 aliphatic heterocycles. The molecule has 6 unspecified atom stereocenters. The van der Waals surface area contributed by atoms with Crippen LogP contribution in [0, 0.1) is 0 Å². The standard InChI is InChI=1S/C65H129O12P/c1-3-5-7-9-11-13-15-17-19-21-22-23-24-25-26-27-28-29-30-31-32-33-34-35-36-37-38-39-40-42-44-46-48-50-52-54-59(66)76-58(57-75-78(72,73)77-65-63(70)61(68)60(67)62(69)64(65)71)56-74-55-53-51-49-47-45-43-41-20-18-16-14-12-10-8-6-4-2/h58,60-65,67-71H,3-57H2,1-2H3,(H,72,73)/t58-,60?,61-,62?,63?,64?,65?/m1/s1. The summed E-state index contributed by atoms with van der Waals surface area (Å²) in [5.41, 5.74) is 0. The van der Waals surface area contributed by atoms with Gasteiger partial charge in [0.15, 0.2) is 0 Å². The van der Waals surface area contributed by atoms with Gasteiger partial charge in [0.25, 0.3) is 0 Å². The summed E-state index contributed by atoms with van der Waals surface area (Å²) in [5.74, 6) is -0.465. The quantitative estimate of drug-likeness (QED) is 0.0192. The van der Waals surface area contributed by atoms with E-state index in [0.29, 0.717) is 13.0 Å². The van der Waals surface area contributed by atoms with E-state index < -0.39 is 63.1 Å². The van der Waals surface area contributed by atoms with E-state index >= 15 is 0 Å². The van der Waals surface area contributed by atoms with Crippen molar-refractivity contribution >= 4 is 13.8 Å². The zero-order valence-electron chi connectivity index (χ0n) is 51.0. The Morgan fingerprint density at radius 3 is 0.885 bits per heavy atom. The molecule has 13 heteroatoms. The molecule has 6 N–H and O–H groups in total. The summed E-state index contributed by atoms with van der Waals surface area (Å²) in [4.78, 5) is 23.4. The third kappa shape index (κ3) is 45.8. The second kappa shape index (κ2) is 55.5. The molecule has 1 rings (SSSR count). The van der Waals surface area contributed by atoms with Crippen LogP contribution < -0.4 is 0 Å². The van der Waals surface area contributed by atoms with Gasteiger partial charge < -0.3 is 39.9 Å². The minimum absolute atomic E-state index is 0.0670. The predicted octanol–water partition coefficient (Wildman–Crippen LogP) is 17.6. The van der Waals surface area contributed by atoms with E-state index in [4.69, 9.17) is 18.5 Å². The first kappa shape index (κ1) is 75.4. The number of hydrogen-bond donors (Lipinski definition) is 6. The second-order valence-electron chi connectivity index (χ2n) is 24.0. The Balaban J connectivity index is 2.11. The van der Waals surface area contributed by atoms with Crippen molar-refractivity contribution in [3.8, 4) is 0 Å². The predicted molar refractivity (Wildman–Crippen MR) is 323 cm³/mol. The van der Waals surface area contributed by atoms with Crippen LogP contribution in [0.25, 0.3) is 0 Å². The average molecular weight is 1130 g/mol. The number of unbranched alkanes of at least 4 members (excludes halogenated alkanes) is 49. The molecule has 0 aromatic rings. The zero-order valence-corrected chi connectivity index (χ0v) is 51.9. The maximum Gasteiger partial charge on any atom is 0.472 e. The largest absolute Gasteiger partial charge is 0.472 e. The molecule has 8 atom stereocenters. The Hall–Kier alpha value is -0.660. The number of carbonyl (C=O) groups excluding carboxylic acids is 1. The van der Waals surface area contributed by atoms with Crippen LogP contribution in [-0.4, -0.2) is 98.9 Å². The number of aliphatic hydroxyl groups is 5. The van der Waals surface area contributed by atoms with Gasteiger partial charge in [-0.2, -0.15) is 0 Å². The van der Waals surface area contributed by atoms with E-state index in [1.165, 1.54) is 283 Å². The topological polar surface area (TPSA) is 192 Å². The van der Waals surface area contributed by atoms with Crippen molar-refractivity contribution < 1.29 is 58.3 Å². The van der Waals surface area contributed by atoms with Gasteiger partial charge in [-0.3, -0.25) is 13.8 Å². The lowest BCUT2D eigenvalue weighted by Gasteiger charge is -2.41. The van der Waals surface area contributed by atoms with Gasteiger partial charge in [-0.1, -0.05) is 328 Å². The Kier molecular flexibility index (Phi) is 53.6.